The third kappa shape index (κ3) is 3.44. The number of rotatable bonds is 6. The van der Waals surface area contributed by atoms with Crippen molar-refractivity contribution in [1.29, 1.82) is 0 Å². The van der Waals surface area contributed by atoms with Gasteiger partial charge >= 0.3 is 0 Å². The summed E-state index contributed by atoms with van der Waals surface area (Å²) in [6.45, 7) is 8.62. The zero-order valence-electron chi connectivity index (χ0n) is 10.9. The molecule has 1 saturated heterocycles. The van der Waals surface area contributed by atoms with Gasteiger partial charge in [0.25, 0.3) is 0 Å². The topological polar surface area (TPSA) is 18.5 Å². The van der Waals surface area contributed by atoms with Crippen LogP contribution in [0.25, 0.3) is 0 Å². The minimum atomic E-state index is 0.727. The molecule has 2 aliphatic rings. The fourth-order valence-electron chi connectivity index (χ4n) is 2.80. The van der Waals surface area contributed by atoms with Crippen LogP contribution in [0.3, 0.4) is 0 Å². The molecule has 1 aliphatic heterocycles. The molecule has 1 heterocycles. The molecule has 1 aliphatic carbocycles. The van der Waals surface area contributed by atoms with Gasteiger partial charge in [0.2, 0.25) is 0 Å². The van der Waals surface area contributed by atoms with Gasteiger partial charge in [0, 0.05) is 31.7 Å². The van der Waals surface area contributed by atoms with Crippen molar-refractivity contribution in [3.63, 3.8) is 0 Å². The van der Waals surface area contributed by atoms with Crippen molar-refractivity contribution in [3.05, 3.63) is 0 Å². The lowest BCUT2D eigenvalue weighted by Crippen LogP contribution is -2.47. The maximum atomic E-state index is 3.42. The van der Waals surface area contributed by atoms with E-state index in [9.17, 15) is 0 Å². The quantitative estimate of drug-likeness (QED) is 0.732. The predicted molar refractivity (Wildman–Crippen MR) is 68.8 cm³/mol. The highest BCUT2D eigenvalue weighted by atomic mass is 15.2. The van der Waals surface area contributed by atoms with Crippen molar-refractivity contribution in [1.82, 2.24) is 15.1 Å². The maximum absolute atomic E-state index is 3.42. The summed E-state index contributed by atoms with van der Waals surface area (Å²) in [5.41, 5.74) is 0. The van der Waals surface area contributed by atoms with Gasteiger partial charge in [-0.25, -0.2) is 0 Å². The third-order valence-electron chi connectivity index (χ3n) is 4.09. The Morgan fingerprint density at radius 3 is 2.75 bits per heavy atom. The summed E-state index contributed by atoms with van der Waals surface area (Å²) in [4.78, 5) is 5.29. The molecule has 0 spiro atoms. The molecule has 0 aromatic rings. The van der Waals surface area contributed by atoms with Crippen LogP contribution >= 0.6 is 0 Å². The highest BCUT2D eigenvalue weighted by Crippen LogP contribution is 2.26. The number of nitrogens with zero attached hydrogens (tertiary/aromatic N) is 2. The summed E-state index contributed by atoms with van der Waals surface area (Å²) in [5.74, 6) is 0. The van der Waals surface area contributed by atoms with E-state index in [0.29, 0.717) is 0 Å². The van der Waals surface area contributed by atoms with Gasteiger partial charge in [-0.15, -0.1) is 0 Å². The maximum Gasteiger partial charge on any atom is 0.0192 e. The Morgan fingerprint density at radius 2 is 2.12 bits per heavy atom. The molecule has 1 atom stereocenters. The molecule has 3 nitrogen and oxygen atoms in total. The predicted octanol–water partition coefficient (Wildman–Crippen LogP) is 1.15. The third-order valence-corrected chi connectivity index (χ3v) is 4.09. The first-order valence-corrected chi connectivity index (χ1v) is 6.97. The molecule has 0 radical (unpaired) electrons. The molecule has 0 aromatic carbocycles. The van der Waals surface area contributed by atoms with E-state index >= 15 is 0 Å². The standard InChI is InChI=1S/C13H27N3/c1-3-16(13-6-7-13)10-9-15-8-4-5-12(11-15)14-2/h12-14H,3-11H2,1-2H3. The summed E-state index contributed by atoms with van der Waals surface area (Å²) in [7, 11) is 2.09. The summed E-state index contributed by atoms with van der Waals surface area (Å²) in [5, 5.41) is 3.42. The number of hydrogen-bond acceptors (Lipinski definition) is 3. The smallest absolute Gasteiger partial charge is 0.0192 e. The van der Waals surface area contributed by atoms with E-state index in [2.05, 4.69) is 29.1 Å². The van der Waals surface area contributed by atoms with Gasteiger partial charge in [0.05, 0.1) is 0 Å². The Kier molecular flexibility index (Phi) is 4.62. The van der Waals surface area contributed by atoms with E-state index in [1.807, 2.05) is 0 Å². The van der Waals surface area contributed by atoms with Crippen molar-refractivity contribution in [2.24, 2.45) is 0 Å². The molecule has 1 unspecified atom stereocenters. The zero-order chi connectivity index (χ0) is 11.4. The minimum absolute atomic E-state index is 0.727. The second kappa shape index (κ2) is 5.99. The normalized spacial score (nSPS) is 27.6. The zero-order valence-corrected chi connectivity index (χ0v) is 10.9. The summed E-state index contributed by atoms with van der Waals surface area (Å²) < 4.78 is 0. The van der Waals surface area contributed by atoms with Crippen LogP contribution in [0.5, 0.6) is 0 Å². The first kappa shape index (κ1) is 12.3. The largest absolute Gasteiger partial charge is 0.316 e. The molecule has 2 fully saturated rings. The Balaban J connectivity index is 1.67. The van der Waals surface area contributed by atoms with E-state index in [-0.39, 0.29) is 0 Å². The van der Waals surface area contributed by atoms with Crippen LogP contribution in [0, 0.1) is 0 Å². The SMILES string of the molecule is CCN(CCN1CCCC(NC)C1)C1CC1. The average molecular weight is 225 g/mol. The Morgan fingerprint density at radius 1 is 1.31 bits per heavy atom. The Hall–Kier alpha value is -0.120. The monoisotopic (exact) mass is 225 g/mol. The Bertz CT molecular complexity index is 203. The van der Waals surface area contributed by atoms with Crippen LogP contribution in [0.15, 0.2) is 0 Å². The lowest BCUT2D eigenvalue weighted by Gasteiger charge is -2.34. The molecule has 0 amide bonds. The lowest BCUT2D eigenvalue weighted by atomic mass is 10.1. The molecule has 0 aromatic heterocycles. The summed E-state index contributed by atoms with van der Waals surface area (Å²) in [6.07, 6.45) is 5.59. The van der Waals surface area contributed by atoms with Crippen molar-refractivity contribution in [2.75, 3.05) is 39.8 Å². The molecular weight excluding hydrogens is 198 g/mol. The van der Waals surface area contributed by atoms with Crippen molar-refractivity contribution >= 4 is 0 Å². The molecule has 16 heavy (non-hydrogen) atoms. The van der Waals surface area contributed by atoms with E-state index in [1.54, 1.807) is 0 Å². The summed E-state index contributed by atoms with van der Waals surface area (Å²) >= 11 is 0. The molecule has 94 valence electrons. The van der Waals surface area contributed by atoms with Gasteiger partial charge < -0.3 is 10.2 Å². The fraction of sp³-hybridized carbons (Fsp3) is 1.00. The van der Waals surface area contributed by atoms with Crippen LogP contribution in [0.4, 0.5) is 0 Å². The molecule has 1 saturated carbocycles. The van der Waals surface area contributed by atoms with Gasteiger partial charge in [-0.2, -0.15) is 0 Å². The first-order valence-electron chi connectivity index (χ1n) is 6.97. The van der Waals surface area contributed by atoms with E-state index in [4.69, 9.17) is 0 Å². The van der Waals surface area contributed by atoms with Crippen LogP contribution in [-0.4, -0.2) is 61.7 Å². The van der Waals surface area contributed by atoms with E-state index < -0.39 is 0 Å². The second-order valence-corrected chi connectivity index (χ2v) is 5.29. The lowest BCUT2D eigenvalue weighted by molar-refractivity contribution is 0.162. The molecule has 1 N–H and O–H groups in total. The number of piperidine rings is 1. The van der Waals surface area contributed by atoms with Gasteiger partial charge in [0.15, 0.2) is 0 Å². The van der Waals surface area contributed by atoms with Crippen molar-refractivity contribution < 1.29 is 0 Å². The molecule has 0 bridgehead atoms. The average Bonchev–Trinajstić information content (AvgIpc) is 3.15. The van der Waals surface area contributed by atoms with Gasteiger partial charge in [-0.05, 0) is 45.8 Å². The van der Waals surface area contributed by atoms with Crippen LogP contribution < -0.4 is 5.32 Å². The number of nitrogens with one attached hydrogen (secondary N) is 1. The van der Waals surface area contributed by atoms with Crippen molar-refractivity contribution in [2.45, 2.75) is 44.7 Å². The van der Waals surface area contributed by atoms with Crippen LogP contribution in [0.1, 0.15) is 32.6 Å². The summed E-state index contributed by atoms with van der Waals surface area (Å²) in [6, 6.07) is 1.65. The van der Waals surface area contributed by atoms with Crippen LogP contribution in [-0.2, 0) is 0 Å². The highest BCUT2D eigenvalue weighted by molar-refractivity contribution is 4.85. The number of hydrogen-bond donors (Lipinski definition) is 1. The molecular formula is C13H27N3. The Labute approximate surface area is 100 Å². The fourth-order valence-corrected chi connectivity index (χ4v) is 2.80. The van der Waals surface area contributed by atoms with Gasteiger partial charge in [-0.1, -0.05) is 6.92 Å². The van der Waals surface area contributed by atoms with E-state index in [1.165, 1.54) is 58.4 Å². The first-order chi connectivity index (χ1) is 7.83. The molecule has 2 rings (SSSR count). The molecule has 3 heteroatoms. The minimum Gasteiger partial charge on any atom is -0.316 e. The number of likely N-dealkylation sites (tertiary alicyclic amines) is 1. The van der Waals surface area contributed by atoms with Gasteiger partial charge in [-0.3, -0.25) is 4.90 Å². The van der Waals surface area contributed by atoms with Crippen LogP contribution in [0.2, 0.25) is 0 Å². The number of likely N-dealkylation sites (N-methyl/N-ethyl adjacent to an activating group) is 2. The van der Waals surface area contributed by atoms with Gasteiger partial charge in [0.1, 0.15) is 0 Å². The second-order valence-electron chi connectivity index (χ2n) is 5.29. The van der Waals surface area contributed by atoms with Crippen molar-refractivity contribution in [3.8, 4) is 0 Å². The highest BCUT2D eigenvalue weighted by Gasteiger charge is 2.28. The van der Waals surface area contributed by atoms with E-state index in [0.717, 1.165) is 12.1 Å².